The summed E-state index contributed by atoms with van der Waals surface area (Å²) in [6, 6.07) is 6.91. The summed E-state index contributed by atoms with van der Waals surface area (Å²) in [5, 5.41) is 0. The van der Waals surface area contributed by atoms with E-state index in [4.69, 9.17) is 0 Å². The van der Waals surface area contributed by atoms with Gasteiger partial charge in [-0.3, -0.25) is 0 Å². The minimum absolute atomic E-state index is 0.702. The summed E-state index contributed by atoms with van der Waals surface area (Å²) in [5.74, 6) is 0.702. The molecule has 0 heterocycles. The second-order valence-corrected chi connectivity index (χ2v) is 6.82. The summed E-state index contributed by atoms with van der Waals surface area (Å²) in [6.07, 6.45) is 18.9. The molecule has 2 rings (SSSR count). The van der Waals surface area contributed by atoms with E-state index in [0.717, 1.165) is 19.3 Å². The lowest BCUT2D eigenvalue weighted by atomic mass is 9.80. The highest BCUT2D eigenvalue weighted by molar-refractivity contribution is 5.68. The zero-order valence-electron chi connectivity index (χ0n) is 15.0. The van der Waals surface area contributed by atoms with Crippen LogP contribution < -0.4 is 0 Å². The minimum Gasteiger partial charge on any atom is -0.0949 e. The molecular formula is C23H32. The Labute approximate surface area is 143 Å². The Morgan fingerprint density at radius 2 is 1.87 bits per heavy atom. The molecule has 0 nitrogen and oxygen atoms in total. The number of allylic oxidation sites excluding steroid dienone is 5. The van der Waals surface area contributed by atoms with Gasteiger partial charge in [0.15, 0.2) is 0 Å². The van der Waals surface area contributed by atoms with Gasteiger partial charge in [-0.2, -0.15) is 0 Å². The van der Waals surface area contributed by atoms with Crippen LogP contribution in [0.4, 0.5) is 0 Å². The van der Waals surface area contributed by atoms with Crippen molar-refractivity contribution in [2.24, 2.45) is 5.92 Å². The van der Waals surface area contributed by atoms with Gasteiger partial charge in [-0.15, -0.1) is 0 Å². The van der Waals surface area contributed by atoms with Crippen LogP contribution >= 0.6 is 0 Å². The monoisotopic (exact) mass is 308 g/mol. The molecule has 0 spiro atoms. The van der Waals surface area contributed by atoms with Crippen molar-refractivity contribution < 1.29 is 0 Å². The van der Waals surface area contributed by atoms with Gasteiger partial charge in [0.25, 0.3) is 0 Å². The average molecular weight is 309 g/mol. The Kier molecular flexibility index (Phi) is 7.39. The van der Waals surface area contributed by atoms with E-state index in [0.29, 0.717) is 5.92 Å². The number of rotatable bonds is 7. The molecular weight excluding hydrogens is 276 g/mol. The standard InChI is InChI=1S/C23H32/c1-4-5-6-7-8-10-15-22-18-19(2)16-17-23(22)20(3)21-13-11-9-12-14-21/h5-8,16-18,21H,3-4,9-15H2,1-2H3/b6-5-,8-7-. The third-order valence-corrected chi connectivity index (χ3v) is 4.90. The van der Waals surface area contributed by atoms with E-state index in [9.17, 15) is 0 Å². The fourth-order valence-electron chi connectivity index (χ4n) is 3.54. The van der Waals surface area contributed by atoms with Crippen LogP contribution in [0.1, 0.15) is 68.6 Å². The molecule has 1 aromatic carbocycles. The van der Waals surface area contributed by atoms with Crippen LogP contribution in [0.3, 0.4) is 0 Å². The number of hydrogen-bond acceptors (Lipinski definition) is 0. The van der Waals surface area contributed by atoms with Crippen molar-refractivity contribution >= 4 is 5.57 Å². The molecule has 0 unspecified atom stereocenters. The van der Waals surface area contributed by atoms with Gasteiger partial charge in [0, 0.05) is 0 Å². The van der Waals surface area contributed by atoms with Crippen LogP contribution in [-0.4, -0.2) is 0 Å². The summed E-state index contributed by atoms with van der Waals surface area (Å²) in [6.45, 7) is 8.84. The summed E-state index contributed by atoms with van der Waals surface area (Å²) >= 11 is 0. The summed E-state index contributed by atoms with van der Waals surface area (Å²) in [7, 11) is 0. The molecule has 1 saturated carbocycles. The fourth-order valence-corrected chi connectivity index (χ4v) is 3.54. The van der Waals surface area contributed by atoms with Crippen LogP contribution in [-0.2, 0) is 6.42 Å². The van der Waals surface area contributed by atoms with E-state index in [1.165, 1.54) is 54.4 Å². The zero-order chi connectivity index (χ0) is 16.5. The first-order chi connectivity index (χ1) is 11.2. The van der Waals surface area contributed by atoms with Gasteiger partial charge in [-0.1, -0.05) is 80.8 Å². The van der Waals surface area contributed by atoms with E-state index < -0.39 is 0 Å². The van der Waals surface area contributed by atoms with Gasteiger partial charge < -0.3 is 0 Å². The molecule has 0 saturated heterocycles. The minimum atomic E-state index is 0.702. The van der Waals surface area contributed by atoms with Crippen molar-refractivity contribution in [3.05, 3.63) is 65.8 Å². The summed E-state index contributed by atoms with van der Waals surface area (Å²) in [5.41, 5.74) is 5.63. The second-order valence-electron chi connectivity index (χ2n) is 6.82. The normalized spacial score (nSPS) is 16.4. The van der Waals surface area contributed by atoms with Crippen LogP contribution in [0.5, 0.6) is 0 Å². The lowest BCUT2D eigenvalue weighted by Crippen LogP contribution is -2.09. The highest BCUT2D eigenvalue weighted by atomic mass is 14.2. The zero-order valence-corrected chi connectivity index (χ0v) is 15.0. The van der Waals surface area contributed by atoms with Crippen LogP contribution in [0.25, 0.3) is 5.57 Å². The lowest BCUT2D eigenvalue weighted by Gasteiger charge is -2.25. The topological polar surface area (TPSA) is 0 Å². The van der Waals surface area contributed by atoms with Gasteiger partial charge in [0.05, 0.1) is 0 Å². The van der Waals surface area contributed by atoms with Crippen molar-refractivity contribution in [1.29, 1.82) is 0 Å². The molecule has 0 aromatic heterocycles. The van der Waals surface area contributed by atoms with Gasteiger partial charge >= 0.3 is 0 Å². The highest BCUT2D eigenvalue weighted by Crippen LogP contribution is 2.36. The van der Waals surface area contributed by atoms with E-state index in [2.05, 4.69) is 62.9 Å². The van der Waals surface area contributed by atoms with Crippen molar-refractivity contribution in [1.82, 2.24) is 0 Å². The Balaban J connectivity index is 2.05. The fraction of sp³-hybridized carbons (Fsp3) is 0.478. The molecule has 0 atom stereocenters. The quantitative estimate of drug-likeness (QED) is 0.474. The molecule has 124 valence electrons. The van der Waals surface area contributed by atoms with Gasteiger partial charge in [-0.05, 0) is 61.6 Å². The Hall–Kier alpha value is -1.56. The van der Waals surface area contributed by atoms with Crippen LogP contribution in [0, 0.1) is 12.8 Å². The van der Waals surface area contributed by atoms with Crippen molar-refractivity contribution in [2.45, 2.75) is 65.2 Å². The number of hydrogen-bond donors (Lipinski definition) is 0. The van der Waals surface area contributed by atoms with Gasteiger partial charge in [0.2, 0.25) is 0 Å². The molecule has 0 bridgehead atoms. The molecule has 1 aliphatic carbocycles. The number of aryl methyl sites for hydroxylation is 2. The van der Waals surface area contributed by atoms with Crippen LogP contribution in [0.15, 0.2) is 49.1 Å². The molecule has 0 amide bonds. The molecule has 0 radical (unpaired) electrons. The smallest absolute Gasteiger partial charge is 0.0162 e. The SMILES string of the molecule is C=C(c1ccc(C)cc1CC/C=C\C=C/CC)C1CCCCC1. The lowest BCUT2D eigenvalue weighted by molar-refractivity contribution is 0.429. The molecule has 1 aromatic rings. The van der Waals surface area contributed by atoms with Crippen molar-refractivity contribution in [3.63, 3.8) is 0 Å². The molecule has 1 aliphatic rings. The van der Waals surface area contributed by atoms with Crippen molar-refractivity contribution in [3.8, 4) is 0 Å². The predicted octanol–water partition coefficient (Wildman–Crippen LogP) is 7.04. The third-order valence-electron chi connectivity index (χ3n) is 4.90. The second kappa shape index (κ2) is 9.55. The maximum Gasteiger partial charge on any atom is -0.0162 e. The molecule has 0 N–H and O–H groups in total. The first kappa shape index (κ1) is 17.8. The van der Waals surface area contributed by atoms with E-state index >= 15 is 0 Å². The summed E-state index contributed by atoms with van der Waals surface area (Å²) < 4.78 is 0. The first-order valence-corrected chi connectivity index (χ1v) is 9.32. The molecule has 0 heteroatoms. The largest absolute Gasteiger partial charge is 0.0949 e. The Morgan fingerprint density at radius 1 is 1.13 bits per heavy atom. The van der Waals surface area contributed by atoms with E-state index in [1.54, 1.807) is 0 Å². The van der Waals surface area contributed by atoms with E-state index in [-0.39, 0.29) is 0 Å². The summed E-state index contributed by atoms with van der Waals surface area (Å²) in [4.78, 5) is 0. The molecule has 23 heavy (non-hydrogen) atoms. The Morgan fingerprint density at radius 3 is 2.61 bits per heavy atom. The average Bonchev–Trinajstić information content (AvgIpc) is 2.58. The maximum absolute atomic E-state index is 4.48. The van der Waals surface area contributed by atoms with Gasteiger partial charge in [0.1, 0.15) is 0 Å². The first-order valence-electron chi connectivity index (χ1n) is 9.32. The maximum atomic E-state index is 4.48. The van der Waals surface area contributed by atoms with Crippen molar-refractivity contribution in [2.75, 3.05) is 0 Å². The number of benzene rings is 1. The highest BCUT2D eigenvalue weighted by Gasteiger charge is 2.19. The molecule has 0 aliphatic heterocycles. The predicted molar refractivity (Wildman–Crippen MR) is 104 cm³/mol. The van der Waals surface area contributed by atoms with Gasteiger partial charge in [-0.25, -0.2) is 0 Å². The van der Waals surface area contributed by atoms with E-state index in [1.807, 2.05) is 0 Å². The third kappa shape index (κ3) is 5.53. The Bertz CT molecular complexity index is 553. The molecule has 1 fully saturated rings. The van der Waals surface area contributed by atoms with Crippen LogP contribution in [0.2, 0.25) is 0 Å².